The molecule has 0 unspecified atom stereocenters. The van der Waals surface area contributed by atoms with Crippen LogP contribution in [0.3, 0.4) is 0 Å². The summed E-state index contributed by atoms with van der Waals surface area (Å²) in [4.78, 5) is 28.6. The number of rotatable bonds is 8. The molecule has 1 aromatic rings. The molecule has 0 aliphatic carbocycles. The van der Waals surface area contributed by atoms with E-state index in [-0.39, 0.29) is 18.4 Å². The van der Waals surface area contributed by atoms with Gasteiger partial charge in [-0.3, -0.25) is 9.59 Å². The molecule has 0 aromatic heterocycles. The summed E-state index contributed by atoms with van der Waals surface area (Å²) < 4.78 is 5.50. The number of hydrogen-bond acceptors (Lipinski definition) is 4. The van der Waals surface area contributed by atoms with Gasteiger partial charge in [0.1, 0.15) is 5.75 Å². The van der Waals surface area contributed by atoms with Crippen LogP contribution in [0.2, 0.25) is 0 Å². The number of likely N-dealkylation sites (tertiary alicyclic amines) is 1. The van der Waals surface area contributed by atoms with Gasteiger partial charge in [-0.15, -0.1) is 0 Å². The molecule has 0 saturated carbocycles. The number of piperidine rings is 1. The molecule has 1 atom stereocenters. The Hall–Kier alpha value is -2.08. The van der Waals surface area contributed by atoms with Crippen molar-refractivity contribution in [1.82, 2.24) is 10.2 Å². The van der Waals surface area contributed by atoms with Crippen LogP contribution in [0.15, 0.2) is 18.2 Å². The summed E-state index contributed by atoms with van der Waals surface area (Å²) in [5.41, 5.74) is 1.90. The summed E-state index contributed by atoms with van der Waals surface area (Å²) in [6.07, 6.45) is 5.99. The Morgan fingerprint density at radius 1 is 1.25 bits per heavy atom. The van der Waals surface area contributed by atoms with Crippen LogP contribution in [0.4, 0.5) is 5.69 Å². The molecule has 1 fully saturated rings. The minimum atomic E-state index is -0.0471. The first-order valence-corrected chi connectivity index (χ1v) is 10.6. The maximum atomic E-state index is 12.2. The number of nitrogens with one attached hydrogen (secondary N) is 1. The number of fused-ring (bicyclic) bond motifs is 1. The lowest BCUT2D eigenvalue weighted by Gasteiger charge is -2.33. The number of aryl methyl sites for hydroxylation is 1. The highest BCUT2D eigenvalue weighted by atomic mass is 16.5. The average Bonchev–Trinajstić information content (AvgIpc) is 2.68. The van der Waals surface area contributed by atoms with Gasteiger partial charge in [-0.05, 0) is 63.8 Å². The fourth-order valence-electron chi connectivity index (χ4n) is 4.04. The fourth-order valence-corrected chi connectivity index (χ4v) is 4.04. The minimum Gasteiger partial charge on any atom is -0.482 e. The minimum absolute atomic E-state index is 0.0471. The Morgan fingerprint density at radius 2 is 2.11 bits per heavy atom. The third-order valence-electron chi connectivity index (χ3n) is 5.73. The van der Waals surface area contributed by atoms with Gasteiger partial charge in [0.2, 0.25) is 5.91 Å². The van der Waals surface area contributed by atoms with E-state index in [0.717, 1.165) is 36.5 Å². The second kappa shape index (κ2) is 9.92. The highest BCUT2D eigenvalue weighted by Crippen LogP contribution is 2.32. The molecular formula is C22H33N3O3. The van der Waals surface area contributed by atoms with E-state index in [9.17, 15) is 9.59 Å². The highest BCUT2D eigenvalue weighted by molar-refractivity contribution is 5.97. The second-order valence-corrected chi connectivity index (χ2v) is 7.99. The van der Waals surface area contributed by atoms with Crippen LogP contribution in [0.25, 0.3) is 0 Å². The van der Waals surface area contributed by atoms with E-state index in [2.05, 4.69) is 17.1 Å². The monoisotopic (exact) mass is 387 g/mol. The SMILES string of the molecule is Cc1ccc2c(c1)N(CCCC(=O)NCCCN1CCCC[C@H]1C)C(=O)CO2. The highest BCUT2D eigenvalue weighted by Gasteiger charge is 2.25. The molecule has 0 radical (unpaired) electrons. The number of carbonyl (C=O) groups is 2. The Bertz CT molecular complexity index is 692. The maximum absolute atomic E-state index is 12.2. The largest absolute Gasteiger partial charge is 0.482 e. The molecule has 6 heteroatoms. The Balaban J connectivity index is 1.36. The normalized spacial score (nSPS) is 19.9. The van der Waals surface area contributed by atoms with E-state index in [1.807, 2.05) is 25.1 Å². The zero-order valence-electron chi connectivity index (χ0n) is 17.2. The molecule has 2 aliphatic rings. The van der Waals surface area contributed by atoms with Gasteiger partial charge in [0.15, 0.2) is 6.61 Å². The number of hydrogen-bond donors (Lipinski definition) is 1. The van der Waals surface area contributed by atoms with Crippen LogP contribution in [-0.4, -0.2) is 55.5 Å². The summed E-state index contributed by atoms with van der Waals surface area (Å²) in [7, 11) is 0. The van der Waals surface area contributed by atoms with Crippen molar-refractivity contribution in [3.05, 3.63) is 23.8 Å². The lowest BCUT2D eigenvalue weighted by molar-refractivity contribution is -0.122. The van der Waals surface area contributed by atoms with E-state index in [1.54, 1.807) is 4.90 Å². The molecule has 0 spiro atoms. The predicted octanol–water partition coefficient (Wildman–Crippen LogP) is 2.88. The van der Waals surface area contributed by atoms with Crippen molar-refractivity contribution in [2.45, 2.75) is 58.4 Å². The molecule has 1 N–H and O–H groups in total. The Morgan fingerprint density at radius 3 is 2.93 bits per heavy atom. The number of nitrogens with zero attached hydrogens (tertiary/aromatic N) is 2. The van der Waals surface area contributed by atoms with Gasteiger partial charge in [0, 0.05) is 32.1 Å². The van der Waals surface area contributed by atoms with Crippen LogP contribution < -0.4 is 15.0 Å². The number of benzene rings is 1. The van der Waals surface area contributed by atoms with Crippen molar-refractivity contribution in [2.75, 3.05) is 37.7 Å². The maximum Gasteiger partial charge on any atom is 0.265 e. The lowest BCUT2D eigenvalue weighted by atomic mass is 10.0. The summed E-state index contributed by atoms with van der Waals surface area (Å²) in [5.74, 6) is 0.757. The van der Waals surface area contributed by atoms with Gasteiger partial charge >= 0.3 is 0 Å². The molecule has 154 valence electrons. The van der Waals surface area contributed by atoms with Crippen molar-refractivity contribution in [2.24, 2.45) is 0 Å². The standard InChI is InChI=1S/C22H33N3O3/c1-17-9-10-20-19(15-17)25(22(27)16-28-20)14-5-8-21(26)23-11-6-13-24-12-4-3-7-18(24)2/h9-10,15,18H,3-8,11-14,16H2,1-2H3,(H,23,26)/t18-/m1/s1. The average molecular weight is 388 g/mol. The topological polar surface area (TPSA) is 61.9 Å². The van der Waals surface area contributed by atoms with E-state index >= 15 is 0 Å². The van der Waals surface area contributed by atoms with E-state index in [0.29, 0.717) is 25.4 Å². The Labute approximate surface area is 168 Å². The molecule has 2 aliphatic heterocycles. The molecule has 0 bridgehead atoms. The van der Waals surface area contributed by atoms with Crippen molar-refractivity contribution < 1.29 is 14.3 Å². The third-order valence-corrected chi connectivity index (χ3v) is 5.73. The molecule has 2 heterocycles. The number of anilines is 1. The van der Waals surface area contributed by atoms with Gasteiger partial charge in [0.25, 0.3) is 5.91 Å². The molecular weight excluding hydrogens is 354 g/mol. The van der Waals surface area contributed by atoms with Gasteiger partial charge in [-0.2, -0.15) is 0 Å². The fraction of sp³-hybridized carbons (Fsp3) is 0.636. The molecule has 6 nitrogen and oxygen atoms in total. The van der Waals surface area contributed by atoms with Crippen LogP contribution >= 0.6 is 0 Å². The first-order valence-electron chi connectivity index (χ1n) is 10.6. The molecule has 1 saturated heterocycles. The lowest BCUT2D eigenvalue weighted by Crippen LogP contribution is -2.40. The van der Waals surface area contributed by atoms with Gasteiger partial charge < -0.3 is 19.9 Å². The molecule has 1 aromatic carbocycles. The summed E-state index contributed by atoms with van der Waals surface area (Å²) in [5, 5.41) is 3.02. The van der Waals surface area contributed by atoms with Crippen LogP contribution in [0.1, 0.15) is 51.0 Å². The molecule has 2 amide bonds. The quantitative estimate of drug-likeness (QED) is 0.697. The zero-order chi connectivity index (χ0) is 19.9. The molecule has 28 heavy (non-hydrogen) atoms. The summed E-state index contributed by atoms with van der Waals surface area (Å²) in [6, 6.07) is 6.51. The van der Waals surface area contributed by atoms with E-state index < -0.39 is 0 Å². The predicted molar refractivity (Wildman–Crippen MR) is 111 cm³/mol. The summed E-state index contributed by atoms with van der Waals surface area (Å²) in [6.45, 7) is 7.86. The third kappa shape index (κ3) is 5.47. The van der Waals surface area contributed by atoms with E-state index in [4.69, 9.17) is 4.74 Å². The molecule has 3 rings (SSSR count). The van der Waals surface area contributed by atoms with Crippen molar-refractivity contribution >= 4 is 17.5 Å². The van der Waals surface area contributed by atoms with Crippen molar-refractivity contribution in [3.63, 3.8) is 0 Å². The number of amides is 2. The first kappa shape index (κ1) is 20.6. The second-order valence-electron chi connectivity index (χ2n) is 7.99. The first-order chi connectivity index (χ1) is 13.5. The van der Waals surface area contributed by atoms with Gasteiger partial charge in [-0.1, -0.05) is 12.5 Å². The van der Waals surface area contributed by atoms with Crippen molar-refractivity contribution in [1.29, 1.82) is 0 Å². The van der Waals surface area contributed by atoms with Crippen LogP contribution in [-0.2, 0) is 9.59 Å². The van der Waals surface area contributed by atoms with E-state index in [1.165, 1.54) is 25.8 Å². The van der Waals surface area contributed by atoms with Crippen molar-refractivity contribution in [3.8, 4) is 5.75 Å². The zero-order valence-corrected chi connectivity index (χ0v) is 17.2. The number of carbonyl (C=O) groups excluding carboxylic acids is 2. The summed E-state index contributed by atoms with van der Waals surface area (Å²) >= 11 is 0. The smallest absolute Gasteiger partial charge is 0.265 e. The van der Waals surface area contributed by atoms with Crippen LogP contribution in [0.5, 0.6) is 5.75 Å². The Kier molecular flexibility index (Phi) is 7.31. The van der Waals surface area contributed by atoms with Gasteiger partial charge in [-0.25, -0.2) is 0 Å². The van der Waals surface area contributed by atoms with Gasteiger partial charge in [0.05, 0.1) is 5.69 Å². The van der Waals surface area contributed by atoms with Crippen LogP contribution in [0, 0.1) is 6.92 Å². The number of ether oxygens (including phenoxy) is 1.